The number of carbonyl (C=O) groups is 1. The molecule has 0 aliphatic heterocycles. The first kappa shape index (κ1) is 17.1. The monoisotopic (exact) mass is 344 g/mol. The van der Waals surface area contributed by atoms with Gasteiger partial charge in [0, 0.05) is 29.6 Å². The van der Waals surface area contributed by atoms with Crippen molar-refractivity contribution in [3.8, 4) is 0 Å². The highest BCUT2D eigenvalue weighted by Gasteiger charge is 2.14. The van der Waals surface area contributed by atoms with Crippen LogP contribution < -0.4 is 5.32 Å². The molecule has 0 fully saturated rings. The predicted octanol–water partition coefficient (Wildman–Crippen LogP) is 3.44. The molecule has 1 aromatic rings. The van der Waals surface area contributed by atoms with Gasteiger partial charge in [-0.2, -0.15) is 0 Å². The lowest BCUT2D eigenvalue weighted by atomic mass is 10.2. The Balaban J connectivity index is 2.55. The Kier molecular flexibility index (Phi) is 6.62. The van der Waals surface area contributed by atoms with Gasteiger partial charge in [0.2, 0.25) is 0 Å². The quantitative estimate of drug-likeness (QED) is 0.857. The third-order valence-electron chi connectivity index (χ3n) is 3.16. The van der Waals surface area contributed by atoms with Gasteiger partial charge in [0.05, 0.1) is 5.56 Å². The molecule has 0 atom stereocenters. The maximum atomic E-state index is 13.0. The summed E-state index contributed by atoms with van der Waals surface area (Å²) in [7, 11) is 0. The van der Waals surface area contributed by atoms with Gasteiger partial charge in [-0.25, -0.2) is 4.39 Å². The van der Waals surface area contributed by atoms with Crippen molar-refractivity contribution in [2.24, 2.45) is 0 Å². The molecule has 1 aromatic carbocycles. The molecule has 0 saturated carbocycles. The van der Waals surface area contributed by atoms with E-state index >= 15 is 0 Å². The molecule has 0 unspecified atom stereocenters. The molecule has 1 rings (SSSR count). The summed E-state index contributed by atoms with van der Waals surface area (Å²) in [6.07, 6.45) is 0. The minimum atomic E-state index is -0.362. The van der Waals surface area contributed by atoms with Crippen molar-refractivity contribution >= 4 is 21.8 Å². The van der Waals surface area contributed by atoms with Crippen molar-refractivity contribution in [1.82, 2.24) is 10.2 Å². The zero-order valence-corrected chi connectivity index (χ0v) is 14.0. The lowest BCUT2D eigenvalue weighted by Gasteiger charge is -2.30. The van der Waals surface area contributed by atoms with Gasteiger partial charge >= 0.3 is 0 Å². The average Bonchev–Trinajstić information content (AvgIpc) is 2.33. The van der Waals surface area contributed by atoms with Crippen LogP contribution in [-0.4, -0.2) is 36.0 Å². The van der Waals surface area contributed by atoms with E-state index in [4.69, 9.17) is 0 Å². The van der Waals surface area contributed by atoms with Gasteiger partial charge in [0.1, 0.15) is 5.82 Å². The summed E-state index contributed by atoms with van der Waals surface area (Å²) < 4.78 is 13.4. The van der Waals surface area contributed by atoms with Gasteiger partial charge in [-0.3, -0.25) is 9.69 Å². The molecule has 0 spiro atoms. The first-order valence-electron chi connectivity index (χ1n) is 6.82. The number of halogens is 2. The van der Waals surface area contributed by atoms with E-state index in [-0.39, 0.29) is 11.7 Å². The van der Waals surface area contributed by atoms with Gasteiger partial charge < -0.3 is 5.32 Å². The largest absolute Gasteiger partial charge is 0.351 e. The maximum Gasteiger partial charge on any atom is 0.252 e. The first-order valence-corrected chi connectivity index (χ1v) is 7.61. The average molecular weight is 345 g/mol. The second kappa shape index (κ2) is 7.74. The predicted molar refractivity (Wildman–Crippen MR) is 83.4 cm³/mol. The highest BCUT2D eigenvalue weighted by atomic mass is 79.9. The van der Waals surface area contributed by atoms with Crippen molar-refractivity contribution < 1.29 is 9.18 Å². The second-order valence-corrected chi connectivity index (χ2v) is 6.16. The van der Waals surface area contributed by atoms with Crippen molar-refractivity contribution in [3.63, 3.8) is 0 Å². The highest BCUT2D eigenvalue weighted by molar-refractivity contribution is 9.10. The Morgan fingerprint density at radius 2 is 1.90 bits per heavy atom. The van der Waals surface area contributed by atoms with Crippen LogP contribution in [0.25, 0.3) is 0 Å². The third kappa shape index (κ3) is 4.87. The Bertz CT molecular complexity index is 455. The molecule has 1 amide bonds. The molecule has 0 aliphatic rings. The number of hydrogen-bond acceptors (Lipinski definition) is 2. The van der Waals surface area contributed by atoms with Crippen molar-refractivity contribution in [3.05, 3.63) is 34.1 Å². The molecule has 0 radical (unpaired) electrons. The summed E-state index contributed by atoms with van der Waals surface area (Å²) in [6, 6.07) is 4.93. The van der Waals surface area contributed by atoms with Crippen LogP contribution in [0.4, 0.5) is 4.39 Å². The lowest BCUT2D eigenvalue weighted by Crippen LogP contribution is -2.42. The number of nitrogens with one attached hydrogen (secondary N) is 1. The SMILES string of the molecule is CC(C)N(CCNC(=O)c1ccc(F)cc1Br)C(C)C. The molecular weight excluding hydrogens is 323 g/mol. The van der Waals surface area contributed by atoms with Crippen LogP contribution in [0.3, 0.4) is 0 Å². The molecule has 20 heavy (non-hydrogen) atoms. The summed E-state index contributed by atoms with van der Waals surface area (Å²) >= 11 is 3.20. The number of amides is 1. The molecule has 0 aromatic heterocycles. The van der Waals surface area contributed by atoms with Crippen molar-refractivity contribution in [1.29, 1.82) is 0 Å². The van der Waals surface area contributed by atoms with E-state index in [2.05, 4.69) is 53.8 Å². The first-order chi connectivity index (χ1) is 9.32. The van der Waals surface area contributed by atoms with E-state index in [1.54, 1.807) is 0 Å². The maximum absolute atomic E-state index is 13.0. The molecule has 5 heteroatoms. The Hall–Kier alpha value is -0.940. The minimum Gasteiger partial charge on any atom is -0.351 e. The van der Waals surface area contributed by atoms with Gasteiger partial charge in [0.25, 0.3) is 5.91 Å². The number of rotatable bonds is 6. The molecular formula is C15H22BrFN2O. The van der Waals surface area contributed by atoms with Gasteiger partial charge in [-0.05, 0) is 61.8 Å². The molecule has 112 valence electrons. The van der Waals surface area contributed by atoms with Crippen LogP contribution in [0.5, 0.6) is 0 Å². The van der Waals surface area contributed by atoms with Crippen molar-refractivity contribution in [2.75, 3.05) is 13.1 Å². The molecule has 0 aliphatic carbocycles. The second-order valence-electron chi connectivity index (χ2n) is 5.31. The lowest BCUT2D eigenvalue weighted by molar-refractivity contribution is 0.0938. The normalized spacial score (nSPS) is 11.4. The zero-order valence-electron chi connectivity index (χ0n) is 12.4. The van der Waals surface area contributed by atoms with Gasteiger partial charge in [0.15, 0.2) is 0 Å². The topological polar surface area (TPSA) is 32.3 Å². The molecule has 0 bridgehead atoms. The minimum absolute atomic E-state index is 0.190. The van der Waals surface area contributed by atoms with E-state index in [0.29, 0.717) is 28.7 Å². The number of benzene rings is 1. The molecule has 1 N–H and O–H groups in total. The standard InChI is InChI=1S/C15H22BrFN2O/c1-10(2)19(11(3)4)8-7-18-15(20)13-6-5-12(17)9-14(13)16/h5-6,9-11H,7-8H2,1-4H3,(H,18,20). The Morgan fingerprint density at radius 3 is 2.40 bits per heavy atom. The molecule has 0 heterocycles. The van der Waals surface area contributed by atoms with Crippen LogP contribution in [0, 0.1) is 5.82 Å². The van der Waals surface area contributed by atoms with Crippen LogP contribution in [0.1, 0.15) is 38.1 Å². The third-order valence-corrected chi connectivity index (χ3v) is 3.81. The van der Waals surface area contributed by atoms with Gasteiger partial charge in [-0.15, -0.1) is 0 Å². The number of hydrogen-bond donors (Lipinski definition) is 1. The summed E-state index contributed by atoms with van der Waals surface area (Å²) in [6.45, 7) is 9.91. The fourth-order valence-electron chi connectivity index (χ4n) is 2.18. The number of nitrogens with zero attached hydrogens (tertiary/aromatic N) is 1. The number of carbonyl (C=O) groups excluding carboxylic acids is 1. The fourth-order valence-corrected chi connectivity index (χ4v) is 2.71. The van der Waals surface area contributed by atoms with Crippen LogP contribution in [0.15, 0.2) is 22.7 Å². The van der Waals surface area contributed by atoms with E-state index in [1.807, 2.05) is 0 Å². The molecule has 3 nitrogen and oxygen atoms in total. The summed E-state index contributed by atoms with van der Waals surface area (Å²) in [4.78, 5) is 14.3. The van der Waals surface area contributed by atoms with E-state index in [0.717, 1.165) is 6.54 Å². The molecule has 0 saturated heterocycles. The zero-order chi connectivity index (χ0) is 15.3. The van der Waals surface area contributed by atoms with E-state index < -0.39 is 0 Å². The summed E-state index contributed by atoms with van der Waals surface area (Å²) in [5.74, 6) is -0.552. The van der Waals surface area contributed by atoms with E-state index in [9.17, 15) is 9.18 Å². The summed E-state index contributed by atoms with van der Waals surface area (Å²) in [5, 5.41) is 2.87. The van der Waals surface area contributed by atoms with Gasteiger partial charge in [-0.1, -0.05) is 0 Å². The smallest absolute Gasteiger partial charge is 0.252 e. The summed E-state index contributed by atoms with van der Waals surface area (Å²) in [5.41, 5.74) is 0.451. The Morgan fingerprint density at radius 1 is 1.30 bits per heavy atom. The van der Waals surface area contributed by atoms with Crippen LogP contribution in [0.2, 0.25) is 0 Å². The van der Waals surface area contributed by atoms with Crippen LogP contribution in [-0.2, 0) is 0 Å². The fraction of sp³-hybridized carbons (Fsp3) is 0.533. The van der Waals surface area contributed by atoms with Crippen molar-refractivity contribution in [2.45, 2.75) is 39.8 Å². The highest BCUT2D eigenvalue weighted by Crippen LogP contribution is 2.17. The van der Waals surface area contributed by atoms with E-state index in [1.165, 1.54) is 18.2 Å². The van der Waals surface area contributed by atoms with Crippen LogP contribution >= 0.6 is 15.9 Å². The Labute approximate surface area is 128 Å².